The molecule has 1 atom stereocenters. The first-order chi connectivity index (χ1) is 27.8. The van der Waals surface area contributed by atoms with Crippen LogP contribution in [0.2, 0.25) is 0 Å². The van der Waals surface area contributed by atoms with Gasteiger partial charge in [0.15, 0.2) is 5.71 Å². The van der Waals surface area contributed by atoms with Gasteiger partial charge in [0, 0.05) is 91.3 Å². The van der Waals surface area contributed by atoms with Gasteiger partial charge in [0.2, 0.25) is 17.5 Å². The summed E-state index contributed by atoms with van der Waals surface area (Å²) in [7, 11) is -0.128. The van der Waals surface area contributed by atoms with Crippen LogP contribution in [0, 0.1) is 0 Å². The molecule has 2 heterocycles. The average Bonchev–Trinajstić information content (AvgIpc) is 3.53. The number of anilines is 1. The van der Waals surface area contributed by atoms with E-state index in [4.69, 9.17) is 16.7 Å². The monoisotopic (exact) mass is 859 g/mol. The molecule has 0 radical (unpaired) electrons. The molecule has 8 N–H and O–H groups in total. The number of rotatable bonds is 23. The molecular weight excluding hydrogens is 795 g/mol. The Bertz CT molecular complexity index is 2010. The number of nitrogens with two attached hydrogens (primary N) is 2. The number of fused-ring (bicyclic) bond motifs is 2. The zero-order valence-corrected chi connectivity index (χ0v) is 37.3. The normalized spacial score (nSPS) is 17.1. The molecule has 0 aromatic heterocycles. The van der Waals surface area contributed by atoms with Crippen LogP contribution in [0.1, 0.15) is 84.3 Å². The van der Waals surface area contributed by atoms with Crippen molar-refractivity contribution in [1.82, 2.24) is 10.6 Å². The van der Waals surface area contributed by atoms with Crippen LogP contribution in [0.4, 0.5) is 11.4 Å². The van der Waals surface area contributed by atoms with Crippen molar-refractivity contribution in [3.8, 4) is 0 Å². The van der Waals surface area contributed by atoms with Crippen molar-refractivity contribution in [1.29, 1.82) is 0 Å². The minimum atomic E-state index is -4.40. The number of carbonyl (C=O) groups excluding carboxylic acids is 2. The van der Waals surface area contributed by atoms with Gasteiger partial charge in [-0.15, -0.1) is 4.33 Å². The van der Waals surface area contributed by atoms with Gasteiger partial charge in [0.25, 0.3) is 10.1 Å². The van der Waals surface area contributed by atoms with E-state index in [0.717, 1.165) is 107 Å². The number of nitrogens with zero attached hydrogens (tertiary/aromatic N) is 3. The van der Waals surface area contributed by atoms with Crippen molar-refractivity contribution in [3.63, 3.8) is 0 Å². The summed E-state index contributed by atoms with van der Waals surface area (Å²) in [5, 5.41) is 18.3. The maximum Gasteiger partial charge on any atom is 0.294 e. The van der Waals surface area contributed by atoms with E-state index in [9.17, 15) is 22.6 Å². The predicted octanol–water partition coefficient (Wildman–Crippen LogP) is 4.93. The van der Waals surface area contributed by atoms with Crippen LogP contribution in [-0.4, -0.2) is 111 Å². The lowest BCUT2D eigenvalue weighted by atomic mass is 9.81. The minimum Gasteiger partial charge on any atom is -0.356 e. The lowest BCUT2D eigenvalue weighted by molar-refractivity contribution is -0.890. The van der Waals surface area contributed by atoms with Gasteiger partial charge in [-0.3, -0.25) is 14.1 Å². The number of carbonyl (C=O) groups is 2. The molecule has 17 heteroatoms. The summed E-state index contributed by atoms with van der Waals surface area (Å²) in [6.07, 6.45) is 10.7. The maximum absolute atomic E-state index is 12.7. The van der Waals surface area contributed by atoms with Crippen LogP contribution in [-0.2, 0) is 39.9 Å². The average molecular weight is 860 g/mol. The smallest absolute Gasteiger partial charge is 0.294 e. The third kappa shape index (κ3) is 12.2. The first kappa shape index (κ1) is 48.0. The van der Waals surface area contributed by atoms with E-state index in [0.29, 0.717) is 26.1 Å². The van der Waals surface area contributed by atoms with E-state index in [1.165, 1.54) is 6.07 Å². The molecular formula is C42H65N7O8S2+2. The zero-order chi connectivity index (χ0) is 43.6. The Morgan fingerprint density at radius 2 is 1.68 bits per heavy atom. The summed E-state index contributed by atoms with van der Waals surface area (Å²) in [5.41, 5.74) is 16.2. The summed E-state index contributed by atoms with van der Waals surface area (Å²) in [5.74, 6) is -0.199. The van der Waals surface area contributed by atoms with Crippen LogP contribution in [0.25, 0.3) is 0 Å². The molecule has 0 bridgehead atoms. The minimum absolute atomic E-state index is 0.0310. The second kappa shape index (κ2) is 20.7. The van der Waals surface area contributed by atoms with Gasteiger partial charge in [-0.2, -0.15) is 13.0 Å². The van der Waals surface area contributed by atoms with Crippen LogP contribution < -0.4 is 27.0 Å². The van der Waals surface area contributed by atoms with E-state index in [1.54, 1.807) is 12.1 Å². The fourth-order valence-corrected chi connectivity index (χ4v) is 8.92. The molecule has 0 saturated carbocycles. The summed E-state index contributed by atoms with van der Waals surface area (Å²) in [6, 6.07) is 10.1. The molecule has 2 amide bonds. The van der Waals surface area contributed by atoms with E-state index < -0.39 is 21.6 Å². The second-order valence-electron chi connectivity index (χ2n) is 16.9. The molecule has 1 unspecified atom stereocenters. The Morgan fingerprint density at radius 3 is 2.32 bits per heavy atom. The Balaban J connectivity index is 1.39. The molecule has 2 aromatic carbocycles. The number of likely N-dealkylation sites (N-methyl/N-ethyl adjacent to an activating group) is 1. The number of quaternary nitrogens is 1. The van der Waals surface area contributed by atoms with Gasteiger partial charge in [0.1, 0.15) is 6.54 Å². The molecule has 2 aliphatic heterocycles. The molecule has 0 spiro atoms. The van der Waals surface area contributed by atoms with Crippen molar-refractivity contribution >= 4 is 51.1 Å². The van der Waals surface area contributed by atoms with Gasteiger partial charge >= 0.3 is 0 Å². The first-order valence-corrected chi connectivity index (χ1v) is 22.5. The van der Waals surface area contributed by atoms with Gasteiger partial charge in [-0.25, -0.2) is 5.26 Å². The second-order valence-corrected chi connectivity index (χ2v) is 19.1. The summed E-state index contributed by atoms with van der Waals surface area (Å²) in [6.45, 7) is 15.0. The summed E-state index contributed by atoms with van der Waals surface area (Å²) >= 11 is 0.928. The fraction of sp³-hybridized carbons (Fsp3) is 0.548. The molecule has 0 fully saturated rings. The molecule has 0 aliphatic carbocycles. The third-order valence-electron chi connectivity index (χ3n) is 11.4. The molecule has 2 aliphatic rings. The van der Waals surface area contributed by atoms with Crippen LogP contribution in [0.5, 0.6) is 0 Å². The largest absolute Gasteiger partial charge is 0.356 e. The summed E-state index contributed by atoms with van der Waals surface area (Å²) in [4.78, 5) is 27.4. The van der Waals surface area contributed by atoms with E-state index >= 15 is 0 Å². The van der Waals surface area contributed by atoms with E-state index in [-0.39, 0.29) is 28.7 Å². The Labute approximate surface area is 354 Å². The lowest BCUT2D eigenvalue weighted by Gasteiger charge is -2.30. The topological polar surface area (TPSA) is 210 Å². The van der Waals surface area contributed by atoms with Crippen LogP contribution in [0.3, 0.4) is 0 Å². The standard InChI is InChI=1S/C42H63N7O8S2/c1-8-47-35-20-18-30(58-57-56-52)27-32(35)41(2,3)37(47)15-12-16-38-42(4,5)33-28-31(59(53,54)55)19-21-36(33)48(38)24-11-9-10-17-39(50)45-22-13-25-49(6,7)26-14-23-46-40(51)34(44)29-43/h12,15-16,18-21,27-28,34H,8-11,13-14,17,22-26,29,43-44H2,1-7H3,(H2-2,45,46,50,51,52,53,54,55)/p+2. The number of hydrogen-bond donors (Lipinski definition) is 6. The van der Waals surface area contributed by atoms with Gasteiger partial charge in [-0.05, 0) is 75.6 Å². The highest BCUT2D eigenvalue weighted by Crippen LogP contribution is 2.49. The van der Waals surface area contributed by atoms with Crippen molar-refractivity contribution in [2.24, 2.45) is 11.5 Å². The Hall–Kier alpha value is -3.65. The lowest BCUT2D eigenvalue weighted by Crippen LogP contribution is -2.47. The Kier molecular flexibility index (Phi) is 16.9. The number of hydrogen-bond acceptors (Lipinski definition) is 11. The molecule has 15 nitrogen and oxygen atoms in total. The van der Waals surface area contributed by atoms with Crippen molar-refractivity contribution in [2.75, 3.05) is 64.8 Å². The molecule has 4 rings (SSSR count). The highest BCUT2D eigenvalue weighted by Gasteiger charge is 2.45. The van der Waals surface area contributed by atoms with Crippen LogP contribution >= 0.6 is 12.0 Å². The zero-order valence-electron chi connectivity index (χ0n) is 35.6. The number of allylic oxidation sites excluding steroid dienone is 4. The van der Waals surface area contributed by atoms with Crippen molar-refractivity contribution in [3.05, 3.63) is 71.5 Å². The van der Waals surface area contributed by atoms with Gasteiger partial charge in [0.05, 0.1) is 55.6 Å². The van der Waals surface area contributed by atoms with Gasteiger partial charge in [-0.1, -0.05) is 25.0 Å². The van der Waals surface area contributed by atoms with Crippen LogP contribution in [0.15, 0.2) is 70.1 Å². The van der Waals surface area contributed by atoms with Crippen molar-refractivity contribution in [2.45, 2.75) is 99.8 Å². The molecule has 0 saturated heterocycles. The number of benzene rings is 2. The quantitative estimate of drug-likeness (QED) is 0.0167. The van der Waals surface area contributed by atoms with E-state index in [1.807, 2.05) is 18.2 Å². The highest BCUT2D eigenvalue weighted by molar-refractivity contribution is 7.94. The number of amides is 2. The number of nitrogens with one attached hydrogen (secondary N) is 2. The highest BCUT2D eigenvalue weighted by atomic mass is 32.2. The fourth-order valence-electron chi connectivity index (χ4n) is 8.01. The molecule has 2 aromatic rings. The Morgan fingerprint density at radius 1 is 0.983 bits per heavy atom. The number of unbranched alkanes of at least 4 members (excludes halogenated alkanes) is 2. The first-order valence-electron chi connectivity index (χ1n) is 20.3. The maximum atomic E-state index is 12.7. The van der Waals surface area contributed by atoms with E-state index in [2.05, 4.69) is 96.4 Å². The third-order valence-corrected chi connectivity index (χ3v) is 12.8. The van der Waals surface area contributed by atoms with Crippen molar-refractivity contribution < 1.29 is 46.2 Å². The predicted molar refractivity (Wildman–Crippen MR) is 232 cm³/mol. The summed E-state index contributed by atoms with van der Waals surface area (Å²) < 4.78 is 41.9. The SMILES string of the molecule is CCN1/C(=C/C=C/C2=[N+](CCCCCC(=O)NCCC[N+](C)(C)CCCNC(=O)C(N)CN)c3ccc(S(=O)(=O)O)cc3C2(C)C)C(C)(C)c2cc(SOOO)ccc21. The molecule has 59 heavy (non-hydrogen) atoms. The van der Waals surface area contributed by atoms with Gasteiger partial charge < -0.3 is 31.5 Å². The molecule has 326 valence electrons.